The highest BCUT2D eigenvalue weighted by atomic mass is 16.5. The molecule has 1 aromatic heterocycles. The number of methoxy groups -OCH3 is 1. The molecule has 0 spiro atoms. The Hall–Kier alpha value is -0.910. The summed E-state index contributed by atoms with van der Waals surface area (Å²) in [6.07, 6.45) is 2.84. The molecule has 0 aromatic carbocycles. The lowest BCUT2D eigenvalue weighted by Gasteiger charge is -2.17. The van der Waals surface area contributed by atoms with Gasteiger partial charge in [-0.25, -0.2) is 0 Å². The summed E-state index contributed by atoms with van der Waals surface area (Å²) >= 11 is 0. The monoisotopic (exact) mass is 212 g/mol. The summed E-state index contributed by atoms with van der Waals surface area (Å²) in [7, 11) is 3.61. The van der Waals surface area contributed by atoms with E-state index in [9.17, 15) is 0 Å². The molecule has 0 saturated heterocycles. The minimum atomic E-state index is 0.0938. The Morgan fingerprint density at radius 3 is 2.87 bits per heavy atom. The Morgan fingerprint density at radius 2 is 2.40 bits per heavy atom. The van der Waals surface area contributed by atoms with E-state index in [2.05, 4.69) is 17.4 Å². The van der Waals surface area contributed by atoms with E-state index >= 15 is 0 Å². The zero-order valence-corrected chi connectivity index (χ0v) is 9.60. The summed E-state index contributed by atoms with van der Waals surface area (Å²) in [4.78, 5) is 0. The third-order valence-electron chi connectivity index (χ3n) is 2.38. The lowest BCUT2D eigenvalue weighted by molar-refractivity contribution is 0.149. The number of hydrazine groups is 1. The van der Waals surface area contributed by atoms with E-state index in [0.29, 0.717) is 5.92 Å². The van der Waals surface area contributed by atoms with Gasteiger partial charge in [-0.05, 0) is 18.4 Å². The molecule has 86 valence electrons. The van der Waals surface area contributed by atoms with Crippen molar-refractivity contribution < 1.29 is 4.74 Å². The highest BCUT2D eigenvalue weighted by Crippen LogP contribution is 2.18. The van der Waals surface area contributed by atoms with Crippen molar-refractivity contribution in [3.63, 3.8) is 0 Å². The predicted molar refractivity (Wildman–Crippen MR) is 58.9 cm³/mol. The smallest absolute Gasteiger partial charge is 0.0807 e. The van der Waals surface area contributed by atoms with Crippen molar-refractivity contribution >= 4 is 0 Å². The molecule has 0 aliphatic carbocycles. The molecule has 0 aliphatic heterocycles. The van der Waals surface area contributed by atoms with E-state index < -0.39 is 0 Å². The van der Waals surface area contributed by atoms with Gasteiger partial charge in [-0.15, -0.1) is 0 Å². The second kappa shape index (κ2) is 5.85. The maximum Gasteiger partial charge on any atom is 0.0807 e. The van der Waals surface area contributed by atoms with Gasteiger partial charge in [0.1, 0.15) is 0 Å². The molecular weight excluding hydrogens is 192 g/mol. The van der Waals surface area contributed by atoms with Crippen molar-refractivity contribution in [2.75, 3.05) is 13.7 Å². The van der Waals surface area contributed by atoms with Crippen molar-refractivity contribution in [3.05, 3.63) is 18.0 Å². The topological polar surface area (TPSA) is 65.1 Å². The van der Waals surface area contributed by atoms with Crippen molar-refractivity contribution in [2.24, 2.45) is 18.8 Å². The summed E-state index contributed by atoms with van der Waals surface area (Å²) in [5.74, 6) is 5.97. The maximum atomic E-state index is 5.52. The Labute approximate surface area is 90.6 Å². The van der Waals surface area contributed by atoms with E-state index in [4.69, 9.17) is 10.6 Å². The van der Waals surface area contributed by atoms with E-state index in [1.165, 1.54) is 0 Å². The molecule has 1 heterocycles. The molecule has 3 N–H and O–H groups in total. The average Bonchev–Trinajstić information content (AvgIpc) is 2.61. The minimum absolute atomic E-state index is 0.0938. The lowest BCUT2D eigenvalue weighted by atomic mass is 10.0. The first kappa shape index (κ1) is 12.2. The molecule has 0 aliphatic rings. The Bertz CT molecular complexity index is 287. The van der Waals surface area contributed by atoms with Gasteiger partial charge in [0.15, 0.2) is 0 Å². The lowest BCUT2D eigenvalue weighted by Crippen LogP contribution is -2.30. The average molecular weight is 212 g/mol. The minimum Gasteiger partial charge on any atom is -0.384 e. The quantitative estimate of drug-likeness (QED) is 0.535. The highest BCUT2D eigenvalue weighted by Gasteiger charge is 2.15. The van der Waals surface area contributed by atoms with E-state index in [1.807, 2.05) is 19.3 Å². The van der Waals surface area contributed by atoms with Crippen LogP contribution in [0.15, 0.2) is 12.3 Å². The molecule has 2 atom stereocenters. The van der Waals surface area contributed by atoms with E-state index in [-0.39, 0.29) is 6.04 Å². The van der Waals surface area contributed by atoms with Crippen LogP contribution in [0.4, 0.5) is 0 Å². The van der Waals surface area contributed by atoms with Crippen LogP contribution in [0.1, 0.15) is 25.1 Å². The van der Waals surface area contributed by atoms with Gasteiger partial charge < -0.3 is 4.74 Å². The Kier molecular flexibility index (Phi) is 4.74. The van der Waals surface area contributed by atoms with Gasteiger partial charge >= 0.3 is 0 Å². The molecule has 0 saturated carbocycles. The van der Waals surface area contributed by atoms with Gasteiger partial charge in [-0.1, -0.05) is 6.92 Å². The molecule has 0 radical (unpaired) electrons. The van der Waals surface area contributed by atoms with Crippen LogP contribution in [0, 0.1) is 5.92 Å². The number of aryl methyl sites for hydroxylation is 1. The summed E-state index contributed by atoms with van der Waals surface area (Å²) in [5, 5.41) is 4.33. The standard InChI is InChI=1S/C10H20N4O/c1-8(7-15-3)6-10(12-11)9-4-5-14(2)13-9/h4-5,8,10,12H,6-7,11H2,1-3H3. The highest BCUT2D eigenvalue weighted by molar-refractivity contribution is 5.05. The molecule has 5 nitrogen and oxygen atoms in total. The normalized spacial score (nSPS) is 15.2. The predicted octanol–water partition coefficient (Wildman–Crippen LogP) is 0.597. The van der Waals surface area contributed by atoms with Crippen LogP contribution < -0.4 is 11.3 Å². The number of aromatic nitrogens is 2. The number of nitrogens with two attached hydrogens (primary N) is 1. The number of nitrogens with one attached hydrogen (secondary N) is 1. The first-order valence-corrected chi connectivity index (χ1v) is 5.12. The Morgan fingerprint density at radius 1 is 1.67 bits per heavy atom. The number of nitrogens with zero attached hydrogens (tertiary/aromatic N) is 2. The zero-order chi connectivity index (χ0) is 11.3. The first-order valence-electron chi connectivity index (χ1n) is 5.12. The summed E-state index contributed by atoms with van der Waals surface area (Å²) < 4.78 is 6.87. The number of rotatable bonds is 6. The fourth-order valence-electron chi connectivity index (χ4n) is 1.65. The van der Waals surface area contributed by atoms with E-state index in [0.717, 1.165) is 18.7 Å². The number of ether oxygens (including phenoxy) is 1. The molecule has 15 heavy (non-hydrogen) atoms. The van der Waals surface area contributed by atoms with Crippen LogP contribution in [0.5, 0.6) is 0 Å². The fraction of sp³-hybridized carbons (Fsp3) is 0.700. The van der Waals surface area contributed by atoms with Gasteiger partial charge in [0, 0.05) is 27.0 Å². The van der Waals surface area contributed by atoms with Crippen molar-refractivity contribution in [1.29, 1.82) is 0 Å². The molecule has 2 unspecified atom stereocenters. The van der Waals surface area contributed by atoms with Crippen LogP contribution in [0.2, 0.25) is 0 Å². The molecule has 0 bridgehead atoms. The maximum absolute atomic E-state index is 5.52. The van der Waals surface area contributed by atoms with Gasteiger partial charge in [-0.3, -0.25) is 16.0 Å². The molecule has 1 rings (SSSR count). The third kappa shape index (κ3) is 3.62. The molecule has 1 aromatic rings. The van der Waals surface area contributed by atoms with Gasteiger partial charge in [0.2, 0.25) is 0 Å². The molecule has 5 heteroatoms. The number of hydrogen-bond acceptors (Lipinski definition) is 4. The largest absolute Gasteiger partial charge is 0.384 e. The second-order valence-corrected chi connectivity index (χ2v) is 3.93. The second-order valence-electron chi connectivity index (χ2n) is 3.93. The van der Waals surface area contributed by atoms with Crippen molar-refractivity contribution in [2.45, 2.75) is 19.4 Å². The van der Waals surface area contributed by atoms with Gasteiger partial charge in [-0.2, -0.15) is 5.10 Å². The SMILES string of the molecule is COCC(C)CC(NN)c1ccn(C)n1. The zero-order valence-electron chi connectivity index (χ0n) is 9.60. The van der Waals surface area contributed by atoms with Crippen LogP contribution in [-0.4, -0.2) is 23.5 Å². The van der Waals surface area contributed by atoms with Crippen molar-refractivity contribution in [1.82, 2.24) is 15.2 Å². The van der Waals surface area contributed by atoms with E-state index in [1.54, 1.807) is 11.8 Å². The van der Waals surface area contributed by atoms with Gasteiger partial charge in [0.05, 0.1) is 11.7 Å². The third-order valence-corrected chi connectivity index (χ3v) is 2.38. The summed E-state index contributed by atoms with van der Waals surface area (Å²) in [6.45, 7) is 2.88. The van der Waals surface area contributed by atoms with Crippen LogP contribution >= 0.6 is 0 Å². The van der Waals surface area contributed by atoms with Crippen molar-refractivity contribution in [3.8, 4) is 0 Å². The number of hydrogen-bond donors (Lipinski definition) is 2. The molecular formula is C10H20N4O. The van der Waals surface area contributed by atoms with Crippen LogP contribution in [0.3, 0.4) is 0 Å². The summed E-state index contributed by atoms with van der Waals surface area (Å²) in [5.41, 5.74) is 3.76. The summed E-state index contributed by atoms with van der Waals surface area (Å²) in [6, 6.07) is 2.07. The van der Waals surface area contributed by atoms with Crippen LogP contribution in [0.25, 0.3) is 0 Å². The first-order chi connectivity index (χ1) is 7.17. The molecule has 0 amide bonds. The fourth-order valence-corrected chi connectivity index (χ4v) is 1.65. The van der Waals surface area contributed by atoms with Gasteiger partial charge in [0.25, 0.3) is 0 Å². The molecule has 0 fully saturated rings. The van der Waals surface area contributed by atoms with Crippen LogP contribution in [-0.2, 0) is 11.8 Å². The Balaban J connectivity index is 2.56.